The van der Waals surface area contributed by atoms with E-state index < -0.39 is 24.0 Å². The Hall–Kier alpha value is -1.51. The van der Waals surface area contributed by atoms with Crippen molar-refractivity contribution in [1.82, 2.24) is 4.90 Å². The molecule has 5 atom stereocenters. The topological polar surface area (TPSA) is 112 Å². The van der Waals surface area contributed by atoms with Gasteiger partial charge in [0.05, 0.1) is 30.9 Å². The van der Waals surface area contributed by atoms with Crippen LogP contribution < -0.4 is 5.73 Å². The van der Waals surface area contributed by atoms with Gasteiger partial charge >= 0.3 is 0 Å². The first-order chi connectivity index (χ1) is 13.5. The van der Waals surface area contributed by atoms with Gasteiger partial charge in [0.25, 0.3) is 0 Å². The van der Waals surface area contributed by atoms with Gasteiger partial charge in [-0.1, -0.05) is 31.0 Å². The van der Waals surface area contributed by atoms with Crippen LogP contribution >= 0.6 is 11.8 Å². The zero-order valence-electron chi connectivity index (χ0n) is 15.9. The number of amidine groups is 1. The first-order valence-corrected chi connectivity index (χ1v) is 11.1. The minimum atomic E-state index is -0.947. The highest BCUT2D eigenvalue weighted by Gasteiger charge is 2.54. The van der Waals surface area contributed by atoms with Crippen molar-refractivity contribution < 1.29 is 19.4 Å². The van der Waals surface area contributed by atoms with Crippen LogP contribution in [0, 0.1) is 11.8 Å². The number of furan rings is 1. The average Bonchev–Trinajstić information content (AvgIpc) is 3.32. The zero-order chi connectivity index (χ0) is 19.7. The highest BCUT2D eigenvalue weighted by atomic mass is 32.2. The van der Waals surface area contributed by atoms with Crippen molar-refractivity contribution in [2.24, 2.45) is 22.6 Å². The Morgan fingerprint density at radius 1 is 1.32 bits per heavy atom. The van der Waals surface area contributed by atoms with E-state index in [1.54, 1.807) is 6.26 Å². The number of amides is 1. The van der Waals surface area contributed by atoms with Crippen LogP contribution in [0.4, 0.5) is 0 Å². The summed E-state index contributed by atoms with van der Waals surface area (Å²) in [7, 11) is 0. The number of aliphatic hydroxyl groups is 2. The summed E-state index contributed by atoms with van der Waals surface area (Å²) in [4.78, 5) is 18.9. The van der Waals surface area contributed by atoms with Crippen LogP contribution in [0.15, 0.2) is 27.8 Å². The Balaban J connectivity index is 1.61. The molecule has 0 unspecified atom stereocenters. The lowest BCUT2D eigenvalue weighted by Crippen LogP contribution is -2.59. The molecule has 154 valence electrons. The van der Waals surface area contributed by atoms with Crippen molar-refractivity contribution in [2.75, 3.05) is 6.54 Å². The maximum absolute atomic E-state index is 12.0. The molecule has 8 heteroatoms. The fraction of sp³-hybridized carbons (Fsp3) is 0.700. The minimum absolute atomic E-state index is 0.185. The van der Waals surface area contributed by atoms with E-state index in [2.05, 4.69) is 4.90 Å². The van der Waals surface area contributed by atoms with E-state index >= 15 is 0 Å². The predicted octanol–water partition coefficient (Wildman–Crippen LogP) is 1.73. The number of aliphatic imine (C=N–C) groups is 1. The second kappa shape index (κ2) is 8.47. The van der Waals surface area contributed by atoms with E-state index in [1.165, 1.54) is 43.9 Å². The number of hydrogen-bond donors (Lipinski definition) is 3. The third-order valence-electron chi connectivity index (χ3n) is 6.32. The molecule has 1 aromatic rings. The number of aliphatic hydroxyl groups excluding tert-OH is 2. The van der Waals surface area contributed by atoms with Crippen molar-refractivity contribution >= 4 is 22.8 Å². The van der Waals surface area contributed by atoms with E-state index in [-0.39, 0.29) is 17.7 Å². The molecule has 1 saturated heterocycles. The van der Waals surface area contributed by atoms with Gasteiger partial charge in [0, 0.05) is 11.8 Å². The van der Waals surface area contributed by atoms with E-state index in [9.17, 15) is 15.0 Å². The van der Waals surface area contributed by atoms with Gasteiger partial charge in [-0.15, -0.1) is 0 Å². The number of primary amides is 1. The minimum Gasteiger partial charge on any atom is -0.467 e. The molecule has 3 aliphatic rings. The van der Waals surface area contributed by atoms with Crippen molar-refractivity contribution in [3.63, 3.8) is 0 Å². The molecule has 28 heavy (non-hydrogen) atoms. The summed E-state index contributed by atoms with van der Waals surface area (Å²) in [6.07, 6.45) is 6.05. The molecule has 1 aromatic heterocycles. The second-order valence-corrected chi connectivity index (χ2v) is 9.36. The van der Waals surface area contributed by atoms with Gasteiger partial charge in [-0.05, 0) is 37.3 Å². The molecule has 2 saturated carbocycles. The van der Waals surface area contributed by atoms with Crippen LogP contribution in [0.5, 0.6) is 0 Å². The summed E-state index contributed by atoms with van der Waals surface area (Å²) in [5, 5.41) is 21.8. The molecule has 4 rings (SSSR count). The lowest BCUT2D eigenvalue weighted by atomic mass is 9.79. The fourth-order valence-electron chi connectivity index (χ4n) is 4.83. The van der Waals surface area contributed by atoms with E-state index in [0.29, 0.717) is 12.5 Å². The Morgan fingerprint density at radius 3 is 2.79 bits per heavy atom. The molecule has 1 aliphatic heterocycles. The van der Waals surface area contributed by atoms with Crippen LogP contribution in [-0.4, -0.2) is 56.2 Å². The molecule has 3 fully saturated rings. The SMILES string of the molecule is NC(=O)[C@H]1C[C@@H](O)[C@H](O)[C@H]2[C@@H]1SC(=NCc1ccco1)N2CC1CCCCC1. The lowest BCUT2D eigenvalue weighted by Gasteiger charge is -2.42. The first-order valence-electron chi connectivity index (χ1n) is 10.2. The molecule has 1 amide bonds. The quantitative estimate of drug-likeness (QED) is 0.685. The molecule has 4 N–H and O–H groups in total. The normalized spacial score (nSPS) is 35.3. The molecule has 0 spiro atoms. The van der Waals surface area contributed by atoms with Crippen molar-refractivity contribution in [1.29, 1.82) is 0 Å². The Bertz CT molecular complexity index is 704. The summed E-state index contributed by atoms with van der Waals surface area (Å²) >= 11 is 1.52. The standard InChI is InChI=1S/C20H29N3O4S/c21-19(26)14-9-15(24)17(25)16-18(14)28-20(22-10-13-7-4-8-27-13)23(16)11-12-5-2-1-3-6-12/h4,7-8,12,14-18,24-25H,1-3,5-6,9-11H2,(H2,21,26)/t14-,15+,16-,17-,18+/m0/s1. The molecular formula is C20H29N3O4S. The molecule has 2 aliphatic carbocycles. The summed E-state index contributed by atoms with van der Waals surface area (Å²) in [5.74, 6) is 0.421. The number of hydrogen-bond acceptors (Lipinski definition) is 6. The molecule has 0 aromatic carbocycles. The number of fused-ring (bicyclic) bond motifs is 1. The summed E-state index contributed by atoms with van der Waals surface area (Å²) < 4.78 is 5.40. The number of carbonyl (C=O) groups excluding carboxylic acids is 1. The second-order valence-electron chi connectivity index (χ2n) is 8.21. The van der Waals surface area contributed by atoms with Gasteiger partial charge in [0.2, 0.25) is 5.91 Å². The first kappa shape index (κ1) is 19.8. The van der Waals surface area contributed by atoms with Gasteiger partial charge in [-0.25, -0.2) is 0 Å². The molecule has 7 nitrogen and oxygen atoms in total. The smallest absolute Gasteiger partial charge is 0.221 e. The van der Waals surface area contributed by atoms with E-state index in [0.717, 1.165) is 17.5 Å². The van der Waals surface area contributed by atoms with Crippen LogP contribution in [0.2, 0.25) is 0 Å². The number of nitrogens with two attached hydrogens (primary N) is 1. The number of nitrogens with zero attached hydrogens (tertiary/aromatic N) is 2. The van der Waals surface area contributed by atoms with Crippen molar-refractivity contribution in [3.05, 3.63) is 24.2 Å². The summed E-state index contributed by atoms with van der Waals surface area (Å²) in [6.45, 7) is 1.20. The van der Waals surface area contributed by atoms with Gasteiger partial charge in [0.1, 0.15) is 11.9 Å². The van der Waals surface area contributed by atoms with Crippen molar-refractivity contribution in [2.45, 2.75) is 68.6 Å². The summed E-state index contributed by atoms with van der Waals surface area (Å²) in [5.41, 5.74) is 5.64. The maximum atomic E-state index is 12.0. The molecular weight excluding hydrogens is 378 g/mol. The fourth-order valence-corrected chi connectivity index (χ4v) is 6.40. The molecule has 0 bridgehead atoms. The zero-order valence-corrected chi connectivity index (χ0v) is 16.8. The summed E-state index contributed by atoms with van der Waals surface area (Å²) in [6, 6.07) is 3.37. The van der Waals surface area contributed by atoms with Crippen LogP contribution in [-0.2, 0) is 11.3 Å². The largest absolute Gasteiger partial charge is 0.467 e. The highest BCUT2D eigenvalue weighted by molar-refractivity contribution is 8.14. The number of rotatable bonds is 5. The number of thioether (sulfide) groups is 1. The third-order valence-corrected chi connectivity index (χ3v) is 7.77. The van der Waals surface area contributed by atoms with Crippen LogP contribution in [0.3, 0.4) is 0 Å². The monoisotopic (exact) mass is 407 g/mol. The highest BCUT2D eigenvalue weighted by Crippen LogP contribution is 2.45. The number of carbonyl (C=O) groups is 1. The van der Waals surface area contributed by atoms with Crippen LogP contribution in [0.1, 0.15) is 44.3 Å². The average molecular weight is 408 g/mol. The van der Waals surface area contributed by atoms with E-state index in [4.69, 9.17) is 15.1 Å². The van der Waals surface area contributed by atoms with E-state index in [1.807, 2.05) is 12.1 Å². The van der Waals surface area contributed by atoms with Gasteiger partial charge in [-0.3, -0.25) is 9.79 Å². The predicted molar refractivity (Wildman–Crippen MR) is 108 cm³/mol. The van der Waals surface area contributed by atoms with Gasteiger partial charge in [-0.2, -0.15) is 0 Å². The van der Waals surface area contributed by atoms with Crippen molar-refractivity contribution in [3.8, 4) is 0 Å². The van der Waals surface area contributed by atoms with Gasteiger partial charge in [0.15, 0.2) is 5.17 Å². The third kappa shape index (κ3) is 3.95. The van der Waals surface area contributed by atoms with Gasteiger partial charge < -0.3 is 25.3 Å². The maximum Gasteiger partial charge on any atom is 0.221 e. The molecule has 0 radical (unpaired) electrons. The van der Waals surface area contributed by atoms with Crippen LogP contribution in [0.25, 0.3) is 0 Å². The Morgan fingerprint density at radius 2 is 2.11 bits per heavy atom. The molecule has 2 heterocycles. The Kier molecular flexibility index (Phi) is 5.99. The lowest BCUT2D eigenvalue weighted by molar-refractivity contribution is -0.128. The Labute approximate surface area is 169 Å².